The van der Waals surface area contributed by atoms with Gasteiger partial charge in [-0.05, 0) is 64.3 Å². The number of halogens is 3. The molecule has 186 valence electrons. The molecule has 2 aromatic carbocycles. The number of nitrogens with zero attached hydrogens (tertiary/aromatic N) is 1. The number of rotatable bonds is 4. The van der Waals surface area contributed by atoms with E-state index in [1.807, 2.05) is 0 Å². The molecule has 3 aromatic rings. The van der Waals surface area contributed by atoms with E-state index < -0.39 is 29.0 Å². The normalized spacial score (nSPS) is 15.4. The summed E-state index contributed by atoms with van der Waals surface area (Å²) in [6, 6.07) is 10.3. The van der Waals surface area contributed by atoms with E-state index in [1.54, 1.807) is 45.0 Å². The number of alkyl halides is 3. The van der Waals surface area contributed by atoms with Crippen molar-refractivity contribution in [2.45, 2.75) is 64.3 Å². The van der Waals surface area contributed by atoms with Crippen LogP contribution in [0.5, 0.6) is 5.75 Å². The fraction of sp³-hybridized carbons (Fsp3) is 0.385. The van der Waals surface area contributed by atoms with Gasteiger partial charge in [-0.3, -0.25) is 9.36 Å². The highest BCUT2D eigenvalue weighted by atomic mass is 19.4. The Hall–Kier alpha value is -3.49. The third kappa shape index (κ3) is 4.99. The molecule has 0 radical (unpaired) electrons. The molecule has 0 spiro atoms. The van der Waals surface area contributed by atoms with E-state index in [1.165, 1.54) is 29.8 Å². The van der Waals surface area contributed by atoms with Crippen molar-refractivity contribution in [2.75, 3.05) is 5.32 Å². The summed E-state index contributed by atoms with van der Waals surface area (Å²) in [4.78, 5) is 24.5. The smallest absolute Gasteiger partial charge is 0.419 e. The number of fused-ring (bicyclic) bond motifs is 1. The molecule has 1 heterocycles. The van der Waals surface area contributed by atoms with Gasteiger partial charge in [0.1, 0.15) is 17.0 Å². The second-order valence-corrected chi connectivity index (χ2v) is 9.75. The second-order valence-electron chi connectivity index (χ2n) is 9.75. The largest absolute Gasteiger partial charge is 0.483 e. The summed E-state index contributed by atoms with van der Waals surface area (Å²) in [5, 5.41) is 3.19. The molecule has 4 rings (SSSR count). The lowest BCUT2D eigenvalue weighted by Crippen LogP contribution is -2.41. The molecule has 0 saturated heterocycles. The Kier molecular flexibility index (Phi) is 6.07. The van der Waals surface area contributed by atoms with E-state index in [0.29, 0.717) is 35.2 Å². The number of aromatic nitrogens is 1. The minimum atomic E-state index is -4.50. The highest BCUT2D eigenvalue weighted by Crippen LogP contribution is 2.49. The van der Waals surface area contributed by atoms with Crippen LogP contribution in [0.4, 0.5) is 23.7 Å². The van der Waals surface area contributed by atoms with Gasteiger partial charge in [0.25, 0.3) is 0 Å². The van der Waals surface area contributed by atoms with Crippen LogP contribution in [-0.2, 0) is 21.3 Å². The molecule has 1 saturated carbocycles. The molecule has 1 aliphatic rings. The second kappa shape index (κ2) is 8.62. The number of benzene rings is 2. The first-order valence-electron chi connectivity index (χ1n) is 11.3. The van der Waals surface area contributed by atoms with Gasteiger partial charge < -0.3 is 14.8 Å². The molecule has 1 aromatic heterocycles. The van der Waals surface area contributed by atoms with Crippen molar-refractivity contribution in [2.24, 2.45) is 0 Å². The van der Waals surface area contributed by atoms with E-state index in [-0.39, 0.29) is 11.5 Å². The van der Waals surface area contributed by atoms with Crippen molar-refractivity contribution in [3.05, 3.63) is 59.8 Å². The Balaban J connectivity index is 1.76. The van der Waals surface area contributed by atoms with E-state index in [4.69, 9.17) is 9.47 Å². The molecule has 0 unspecified atom stereocenters. The van der Waals surface area contributed by atoms with Gasteiger partial charge in [-0.25, -0.2) is 4.79 Å². The average molecular weight is 489 g/mol. The number of carbonyl (C=O) groups excluding carboxylic acids is 2. The van der Waals surface area contributed by atoms with Crippen LogP contribution in [0.1, 0.15) is 58.1 Å². The SMILES string of the molecule is CC(=O)Nc1cn(C(=O)OC(C)(C)C)c2ccc(OC3(c4ccccc4C(F)(F)F)CCC3)cc12. The predicted octanol–water partition coefficient (Wildman–Crippen LogP) is 6.86. The van der Waals surface area contributed by atoms with Crippen molar-refractivity contribution in [1.82, 2.24) is 4.57 Å². The number of hydrogen-bond donors (Lipinski definition) is 1. The van der Waals surface area contributed by atoms with Crippen LogP contribution in [-0.4, -0.2) is 22.2 Å². The number of hydrogen-bond acceptors (Lipinski definition) is 4. The topological polar surface area (TPSA) is 69.6 Å². The Morgan fingerprint density at radius 1 is 1.06 bits per heavy atom. The van der Waals surface area contributed by atoms with Gasteiger partial charge in [0.05, 0.1) is 16.8 Å². The fourth-order valence-corrected chi connectivity index (χ4v) is 4.30. The number of carbonyl (C=O) groups is 2. The summed E-state index contributed by atoms with van der Waals surface area (Å²) in [7, 11) is 0. The highest BCUT2D eigenvalue weighted by Gasteiger charge is 2.47. The summed E-state index contributed by atoms with van der Waals surface area (Å²) in [5.41, 5.74) is -1.62. The Labute approximate surface area is 201 Å². The third-order valence-corrected chi connectivity index (χ3v) is 5.87. The summed E-state index contributed by atoms with van der Waals surface area (Å²) < 4.78 is 54.1. The molecule has 0 atom stereocenters. The van der Waals surface area contributed by atoms with Gasteiger partial charge >= 0.3 is 12.3 Å². The molecule has 1 fully saturated rings. The number of amides is 1. The first-order chi connectivity index (χ1) is 16.3. The average Bonchev–Trinajstić information content (AvgIpc) is 3.06. The molecule has 35 heavy (non-hydrogen) atoms. The standard InChI is InChI=1S/C26H27F3N2O4/c1-16(32)30-21-15-31(23(33)35-24(2,3)4)22-11-10-17(14-18(21)22)34-25(12-7-13-25)19-8-5-6-9-20(19)26(27,28)29/h5-6,8-11,14-15H,7,12-13H2,1-4H3,(H,30,32). The minimum absolute atomic E-state index is 0.104. The first kappa shape index (κ1) is 24.6. The number of nitrogens with one attached hydrogen (secondary N) is 1. The van der Waals surface area contributed by atoms with Crippen molar-refractivity contribution in [3.63, 3.8) is 0 Å². The highest BCUT2D eigenvalue weighted by molar-refractivity contribution is 6.04. The zero-order chi connectivity index (χ0) is 25.6. The van der Waals surface area contributed by atoms with Crippen LogP contribution in [0, 0.1) is 0 Å². The maximum atomic E-state index is 13.7. The number of anilines is 1. The van der Waals surface area contributed by atoms with Gasteiger partial charge in [0, 0.05) is 24.1 Å². The maximum Gasteiger partial charge on any atom is 0.419 e. The lowest BCUT2D eigenvalue weighted by molar-refractivity contribution is -0.141. The Bertz CT molecular complexity index is 1280. The zero-order valence-corrected chi connectivity index (χ0v) is 20.0. The summed E-state index contributed by atoms with van der Waals surface area (Å²) in [6.07, 6.45) is -2.05. The van der Waals surface area contributed by atoms with Crippen LogP contribution >= 0.6 is 0 Å². The van der Waals surface area contributed by atoms with Gasteiger partial charge in [0.15, 0.2) is 0 Å². The molecule has 0 aliphatic heterocycles. The maximum absolute atomic E-state index is 13.7. The number of ether oxygens (including phenoxy) is 2. The molecule has 6 nitrogen and oxygen atoms in total. The Morgan fingerprint density at radius 3 is 2.31 bits per heavy atom. The van der Waals surface area contributed by atoms with Crippen molar-refractivity contribution >= 4 is 28.6 Å². The fourth-order valence-electron chi connectivity index (χ4n) is 4.30. The van der Waals surface area contributed by atoms with Crippen molar-refractivity contribution < 1.29 is 32.2 Å². The predicted molar refractivity (Wildman–Crippen MR) is 125 cm³/mol. The first-order valence-corrected chi connectivity index (χ1v) is 11.3. The molecule has 0 bridgehead atoms. The monoisotopic (exact) mass is 488 g/mol. The van der Waals surface area contributed by atoms with Gasteiger partial charge in [-0.15, -0.1) is 0 Å². The molecule has 1 N–H and O–H groups in total. The lowest BCUT2D eigenvalue weighted by atomic mass is 9.73. The zero-order valence-electron chi connectivity index (χ0n) is 20.0. The summed E-state index contributed by atoms with van der Waals surface area (Å²) in [5.74, 6) is -0.00292. The van der Waals surface area contributed by atoms with E-state index in [0.717, 1.165) is 12.5 Å². The quantitative estimate of drug-likeness (QED) is 0.436. The molecular weight excluding hydrogens is 461 g/mol. The summed E-state index contributed by atoms with van der Waals surface area (Å²) >= 11 is 0. The molecular formula is C26H27F3N2O4. The van der Waals surface area contributed by atoms with Crippen molar-refractivity contribution in [3.8, 4) is 5.75 Å². The molecule has 9 heteroatoms. The lowest BCUT2D eigenvalue weighted by Gasteiger charge is -2.43. The third-order valence-electron chi connectivity index (χ3n) is 5.87. The van der Waals surface area contributed by atoms with E-state index in [9.17, 15) is 22.8 Å². The van der Waals surface area contributed by atoms with Crippen molar-refractivity contribution in [1.29, 1.82) is 0 Å². The molecule has 1 amide bonds. The van der Waals surface area contributed by atoms with Crippen LogP contribution in [0.15, 0.2) is 48.7 Å². The Morgan fingerprint density at radius 2 is 1.74 bits per heavy atom. The van der Waals surface area contributed by atoms with Crippen LogP contribution in [0.3, 0.4) is 0 Å². The molecule has 1 aliphatic carbocycles. The van der Waals surface area contributed by atoms with E-state index in [2.05, 4.69) is 5.32 Å². The minimum Gasteiger partial charge on any atom is -0.483 e. The van der Waals surface area contributed by atoms with E-state index >= 15 is 0 Å². The summed E-state index contributed by atoms with van der Waals surface area (Å²) in [6.45, 7) is 6.57. The van der Waals surface area contributed by atoms with Gasteiger partial charge in [-0.1, -0.05) is 18.2 Å². The van der Waals surface area contributed by atoms with Crippen LogP contribution in [0.2, 0.25) is 0 Å². The van der Waals surface area contributed by atoms with Gasteiger partial charge in [-0.2, -0.15) is 13.2 Å². The van der Waals surface area contributed by atoms with Gasteiger partial charge in [0.2, 0.25) is 5.91 Å². The van der Waals surface area contributed by atoms with Crippen LogP contribution in [0.25, 0.3) is 10.9 Å². The van der Waals surface area contributed by atoms with Crippen LogP contribution < -0.4 is 10.1 Å².